The van der Waals surface area contributed by atoms with Gasteiger partial charge < -0.3 is 4.57 Å². The fourth-order valence-electron chi connectivity index (χ4n) is 2.46. The molecule has 0 aliphatic rings. The summed E-state index contributed by atoms with van der Waals surface area (Å²) in [6, 6.07) is 14.7. The number of halogens is 1. The highest BCUT2D eigenvalue weighted by Gasteiger charge is 2.07. The minimum Gasteiger partial charge on any atom is -0.326 e. The molecule has 3 rings (SSSR count). The van der Waals surface area contributed by atoms with E-state index < -0.39 is 0 Å². The Bertz CT molecular complexity index is 751. The number of rotatable bonds is 5. The van der Waals surface area contributed by atoms with Crippen LogP contribution in [-0.2, 0) is 6.54 Å². The topological polar surface area (TPSA) is 17.8 Å². The fourth-order valence-corrected chi connectivity index (χ4v) is 3.51. The highest BCUT2D eigenvalue weighted by molar-refractivity contribution is 7.99. The number of hydrogen-bond donors (Lipinski definition) is 0. The minimum absolute atomic E-state index is 0.681. The molecule has 4 heteroatoms. The number of para-hydroxylation sites is 2. The molecule has 2 nitrogen and oxygen atoms in total. The van der Waals surface area contributed by atoms with Gasteiger partial charge in [-0.3, -0.25) is 0 Å². The second-order valence-electron chi connectivity index (χ2n) is 4.94. The minimum atomic E-state index is 0.681. The molecule has 0 atom stereocenters. The van der Waals surface area contributed by atoms with Gasteiger partial charge in [-0.15, -0.1) is 23.4 Å². The van der Waals surface area contributed by atoms with Crippen molar-refractivity contribution in [1.82, 2.24) is 9.55 Å². The Kier molecular flexibility index (Phi) is 4.51. The third-order valence-corrected chi connectivity index (χ3v) is 5.17. The van der Waals surface area contributed by atoms with Gasteiger partial charge in [-0.2, -0.15) is 0 Å². The van der Waals surface area contributed by atoms with E-state index >= 15 is 0 Å². The van der Waals surface area contributed by atoms with Crippen LogP contribution in [0.1, 0.15) is 11.1 Å². The van der Waals surface area contributed by atoms with Crippen LogP contribution in [0.4, 0.5) is 0 Å². The summed E-state index contributed by atoms with van der Waals surface area (Å²) in [4.78, 5) is 5.77. The normalized spacial score (nSPS) is 11.1. The van der Waals surface area contributed by atoms with Gasteiger partial charge in [-0.1, -0.05) is 24.3 Å². The highest BCUT2D eigenvalue weighted by Crippen LogP contribution is 2.26. The van der Waals surface area contributed by atoms with Crippen molar-refractivity contribution in [3.8, 4) is 0 Å². The molecule has 3 aromatic rings. The molecule has 0 unspecified atom stereocenters. The molecule has 0 saturated heterocycles. The SMILES string of the molecule is Cc1c(Cn2cnc3ccccc32)cccc1SCCCl. The third kappa shape index (κ3) is 3.09. The van der Waals surface area contributed by atoms with Crippen LogP contribution in [0.25, 0.3) is 11.0 Å². The summed E-state index contributed by atoms with van der Waals surface area (Å²) in [5, 5.41) is 0. The number of alkyl halides is 1. The molecule has 2 aromatic carbocycles. The molecule has 21 heavy (non-hydrogen) atoms. The van der Waals surface area contributed by atoms with Crippen molar-refractivity contribution in [2.75, 3.05) is 11.6 Å². The molecule has 0 radical (unpaired) electrons. The van der Waals surface area contributed by atoms with Crippen molar-refractivity contribution in [2.45, 2.75) is 18.4 Å². The number of fused-ring (bicyclic) bond motifs is 1. The van der Waals surface area contributed by atoms with Gasteiger partial charge in [0.15, 0.2) is 0 Å². The van der Waals surface area contributed by atoms with Gasteiger partial charge in [0.05, 0.1) is 17.4 Å². The lowest BCUT2D eigenvalue weighted by Crippen LogP contribution is -2.01. The van der Waals surface area contributed by atoms with Gasteiger partial charge in [0.1, 0.15) is 0 Å². The summed E-state index contributed by atoms with van der Waals surface area (Å²) in [6.45, 7) is 3.03. The maximum absolute atomic E-state index is 5.79. The summed E-state index contributed by atoms with van der Waals surface area (Å²) in [5.41, 5.74) is 4.89. The average Bonchev–Trinajstić information content (AvgIpc) is 2.91. The molecule has 0 aliphatic carbocycles. The largest absolute Gasteiger partial charge is 0.326 e. The van der Waals surface area contributed by atoms with Crippen LogP contribution in [0, 0.1) is 6.92 Å². The number of thioether (sulfide) groups is 1. The van der Waals surface area contributed by atoms with Crippen LogP contribution in [0.2, 0.25) is 0 Å². The number of benzene rings is 2. The first-order chi connectivity index (χ1) is 10.3. The zero-order valence-corrected chi connectivity index (χ0v) is 13.5. The van der Waals surface area contributed by atoms with Gasteiger partial charge >= 0.3 is 0 Å². The first-order valence-electron chi connectivity index (χ1n) is 6.96. The molecular formula is C17H17ClN2S. The number of imidazole rings is 1. The van der Waals surface area contributed by atoms with Gasteiger partial charge in [0, 0.05) is 23.1 Å². The Balaban J connectivity index is 1.91. The van der Waals surface area contributed by atoms with Crippen molar-refractivity contribution < 1.29 is 0 Å². The molecule has 0 amide bonds. The lowest BCUT2D eigenvalue weighted by molar-refractivity contribution is 0.814. The van der Waals surface area contributed by atoms with E-state index in [4.69, 9.17) is 11.6 Å². The predicted molar refractivity (Wildman–Crippen MR) is 91.5 cm³/mol. The van der Waals surface area contributed by atoms with Crippen LogP contribution in [0.5, 0.6) is 0 Å². The van der Waals surface area contributed by atoms with E-state index in [2.05, 4.69) is 46.8 Å². The lowest BCUT2D eigenvalue weighted by Gasteiger charge is -2.12. The van der Waals surface area contributed by atoms with Crippen LogP contribution >= 0.6 is 23.4 Å². The zero-order chi connectivity index (χ0) is 14.7. The molecule has 0 N–H and O–H groups in total. The van der Waals surface area contributed by atoms with Crippen LogP contribution in [0.3, 0.4) is 0 Å². The molecule has 0 saturated carbocycles. The molecular weight excluding hydrogens is 300 g/mol. The van der Waals surface area contributed by atoms with Crippen molar-refractivity contribution in [3.05, 3.63) is 59.9 Å². The van der Waals surface area contributed by atoms with Crippen LogP contribution < -0.4 is 0 Å². The predicted octanol–water partition coefficient (Wildman–Crippen LogP) is 4.72. The average molecular weight is 317 g/mol. The second kappa shape index (κ2) is 6.54. The summed E-state index contributed by atoms with van der Waals surface area (Å²) in [7, 11) is 0. The molecule has 108 valence electrons. The van der Waals surface area contributed by atoms with Crippen molar-refractivity contribution in [2.24, 2.45) is 0 Å². The Morgan fingerprint density at radius 3 is 2.86 bits per heavy atom. The van der Waals surface area contributed by atoms with E-state index in [-0.39, 0.29) is 0 Å². The van der Waals surface area contributed by atoms with Gasteiger partial charge in [0.2, 0.25) is 0 Å². The molecule has 0 bridgehead atoms. The molecule has 0 fully saturated rings. The molecule has 1 heterocycles. The Morgan fingerprint density at radius 1 is 1.14 bits per heavy atom. The van der Waals surface area contributed by atoms with E-state index in [1.165, 1.54) is 21.5 Å². The Hall–Kier alpha value is -1.45. The summed E-state index contributed by atoms with van der Waals surface area (Å²) >= 11 is 7.61. The van der Waals surface area contributed by atoms with Crippen LogP contribution in [-0.4, -0.2) is 21.2 Å². The monoisotopic (exact) mass is 316 g/mol. The number of nitrogens with zero attached hydrogens (tertiary/aromatic N) is 2. The second-order valence-corrected chi connectivity index (χ2v) is 6.45. The number of hydrogen-bond acceptors (Lipinski definition) is 2. The molecule has 1 aromatic heterocycles. The summed E-state index contributed by atoms with van der Waals surface area (Å²) < 4.78 is 2.20. The van der Waals surface area contributed by atoms with Gasteiger partial charge in [-0.25, -0.2) is 4.98 Å². The Morgan fingerprint density at radius 2 is 2.00 bits per heavy atom. The fraction of sp³-hybridized carbons (Fsp3) is 0.235. The Labute approximate surface area is 134 Å². The quantitative estimate of drug-likeness (QED) is 0.500. The summed E-state index contributed by atoms with van der Waals surface area (Å²) in [5.74, 6) is 1.63. The first-order valence-corrected chi connectivity index (χ1v) is 8.48. The van der Waals surface area contributed by atoms with E-state index in [1.54, 1.807) is 0 Å². The van der Waals surface area contributed by atoms with Crippen molar-refractivity contribution in [3.63, 3.8) is 0 Å². The van der Waals surface area contributed by atoms with Gasteiger partial charge in [-0.05, 0) is 36.2 Å². The molecule has 0 aliphatic heterocycles. The standard InChI is InChI=1S/C17H17ClN2S/c1-13-14(5-4-8-17(13)21-10-9-18)11-20-12-19-15-6-2-3-7-16(15)20/h2-8,12H,9-11H2,1H3. The first kappa shape index (κ1) is 14.5. The zero-order valence-electron chi connectivity index (χ0n) is 11.9. The smallest absolute Gasteiger partial charge is 0.0961 e. The lowest BCUT2D eigenvalue weighted by atomic mass is 10.1. The van der Waals surface area contributed by atoms with Crippen molar-refractivity contribution in [1.29, 1.82) is 0 Å². The third-order valence-electron chi connectivity index (χ3n) is 3.60. The van der Waals surface area contributed by atoms with E-state index in [0.717, 1.165) is 17.8 Å². The van der Waals surface area contributed by atoms with Crippen LogP contribution in [0.15, 0.2) is 53.7 Å². The summed E-state index contributed by atoms with van der Waals surface area (Å²) in [6.07, 6.45) is 1.92. The molecule has 0 spiro atoms. The number of aromatic nitrogens is 2. The highest BCUT2D eigenvalue weighted by atomic mass is 35.5. The van der Waals surface area contributed by atoms with E-state index in [9.17, 15) is 0 Å². The maximum atomic E-state index is 5.79. The maximum Gasteiger partial charge on any atom is 0.0961 e. The van der Waals surface area contributed by atoms with E-state index in [1.807, 2.05) is 30.2 Å². The van der Waals surface area contributed by atoms with Gasteiger partial charge in [0.25, 0.3) is 0 Å². The van der Waals surface area contributed by atoms with Crippen molar-refractivity contribution >= 4 is 34.4 Å². The van der Waals surface area contributed by atoms with E-state index in [0.29, 0.717) is 5.88 Å².